The third-order valence-electron chi connectivity index (χ3n) is 5.76. The van der Waals surface area contributed by atoms with Crippen LogP contribution in [-0.2, 0) is 16.0 Å². The van der Waals surface area contributed by atoms with E-state index < -0.39 is 11.8 Å². The van der Waals surface area contributed by atoms with E-state index in [0.29, 0.717) is 22.4 Å². The SMILES string of the molecule is O=C1NC(=O)C(c2cccc3cc[nH]c23)=C1C1=NC=CN2CCc3cccc1c32. The maximum absolute atomic E-state index is 12.9. The molecule has 0 aliphatic carbocycles. The molecule has 3 aliphatic heterocycles. The number of aromatic nitrogens is 1. The van der Waals surface area contributed by atoms with Crippen LogP contribution in [0.15, 0.2) is 71.6 Å². The van der Waals surface area contributed by atoms with Gasteiger partial charge in [0, 0.05) is 36.3 Å². The van der Waals surface area contributed by atoms with Gasteiger partial charge in [-0.25, -0.2) is 0 Å². The molecule has 0 atom stereocenters. The van der Waals surface area contributed by atoms with E-state index in [4.69, 9.17) is 0 Å². The highest BCUT2D eigenvalue weighted by Gasteiger charge is 2.37. The summed E-state index contributed by atoms with van der Waals surface area (Å²) in [5.41, 5.74) is 5.91. The number of H-pyrrole nitrogens is 1. The monoisotopic (exact) mass is 380 g/mol. The summed E-state index contributed by atoms with van der Waals surface area (Å²) in [5, 5.41) is 3.46. The number of aliphatic imine (C=N–C) groups is 1. The number of nitrogens with zero attached hydrogens (tertiary/aromatic N) is 2. The Balaban J connectivity index is 1.66. The molecule has 4 heterocycles. The number of anilines is 1. The number of hydrogen-bond donors (Lipinski definition) is 2. The summed E-state index contributed by atoms with van der Waals surface area (Å²) in [4.78, 5) is 35.7. The molecule has 6 heteroatoms. The predicted octanol–water partition coefficient (Wildman–Crippen LogP) is 2.91. The Morgan fingerprint density at radius 1 is 0.931 bits per heavy atom. The fourth-order valence-corrected chi connectivity index (χ4v) is 4.51. The maximum atomic E-state index is 12.9. The van der Waals surface area contributed by atoms with Gasteiger partial charge in [0.15, 0.2) is 0 Å². The van der Waals surface area contributed by atoms with Crippen molar-refractivity contribution in [1.82, 2.24) is 10.3 Å². The van der Waals surface area contributed by atoms with Crippen LogP contribution in [0.1, 0.15) is 16.7 Å². The first-order valence-electron chi connectivity index (χ1n) is 9.52. The Bertz CT molecular complexity index is 1330. The topological polar surface area (TPSA) is 77.6 Å². The highest BCUT2D eigenvalue weighted by atomic mass is 16.2. The van der Waals surface area contributed by atoms with Gasteiger partial charge < -0.3 is 9.88 Å². The fourth-order valence-electron chi connectivity index (χ4n) is 4.51. The lowest BCUT2D eigenvalue weighted by Crippen LogP contribution is -2.25. The number of para-hydroxylation sites is 2. The number of rotatable bonds is 2. The van der Waals surface area contributed by atoms with Crippen molar-refractivity contribution in [2.45, 2.75) is 6.42 Å². The zero-order valence-electron chi connectivity index (χ0n) is 15.4. The van der Waals surface area contributed by atoms with Crippen LogP contribution in [0, 0.1) is 0 Å². The molecule has 2 N–H and O–H groups in total. The lowest BCUT2D eigenvalue weighted by Gasteiger charge is -2.17. The molecule has 3 aromatic rings. The van der Waals surface area contributed by atoms with E-state index in [-0.39, 0.29) is 0 Å². The van der Waals surface area contributed by atoms with E-state index in [9.17, 15) is 9.59 Å². The minimum absolute atomic E-state index is 0.323. The van der Waals surface area contributed by atoms with Crippen molar-refractivity contribution in [3.8, 4) is 0 Å². The van der Waals surface area contributed by atoms with Gasteiger partial charge in [0.1, 0.15) is 0 Å². The first-order valence-corrected chi connectivity index (χ1v) is 9.52. The van der Waals surface area contributed by atoms with Crippen molar-refractivity contribution in [2.24, 2.45) is 4.99 Å². The third kappa shape index (κ3) is 2.20. The molecule has 2 aromatic carbocycles. The van der Waals surface area contributed by atoms with Crippen molar-refractivity contribution in [2.75, 3.05) is 11.4 Å². The fraction of sp³-hybridized carbons (Fsp3) is 0.0870. The smallest absolute Gasteiger partial charge is 0.261 e. The van der Waals surface area contributed by atoms with E-state index in [1.165, 1.54) is 5.56 Å². The van der Waals surface area contributed by atoms with Crippen LogP contribution in [0.3, 0.4) is 0 Å². The van der Waals surface area contributed by atoms with Crippen LogP contribution >= 0.6 is 0 Å². The van der Waals surface area contributed by atoms with Crippen molar-refractivity contribution >= 4 is 39.7 Å². The molecule has 0 saturated carbocycles. The molecule has 6 nitrogen and oxygen atoms in total. The molecule has 140 valence electrons. The van der Waals surface area contributed by atoms with Gasteiger partial charge in [-0.1, -0.05) is 36.4 Å². The highest BCUT2D eigenvalue weighted by Crippen LogP contribution is 2.38. The lowest BCUT2D eigenvalue weighted by molar-refractivity contribution is -0.123. The predicted molar refractivity (Wildman–Crippen MR) is 112 cm³/mol. The number of carbonyl (C=O) groups is 2. The Morgan fingerprint density at radius 3 is 2.69 bits per heavy atom. The molecule has 0 radical (unpaired) electrons. The molecule has 0 bridgehead atoms. The Morgan fingerprint density at radius 2 is 1.76 bits per heavy atom. The molecule has 0 fully saturated rings. The normalized spacial score (nSPS) is 17.7. The quantitative estimate of drug-likeness (QED) is 0.671. The molecule has 2 amide bonds. The van der Waals surface area contributed by atoms with Crippen molar-refractivity contribution in [1.29, 1.82) is 0 Å². The molecule has 0 spiro atoms. The summed E-state index contributed by atoms with van der Waals surface area (Å²) in [6, 6.07) is 13.7. The average molecular weight is 380 g/mol. The summed E-state index contributed by atoms with van der Waals surface area (Å²) in [6.45, 7) is 0.879. The molecular weight excluding hydrogens is 364 g/mol. The molecule has 6 rings (SSSR count). The number of aromatic amines is 1. The van der Waals surface area contributed by atoms with Gasteiger partial charge in [-0.15, -0.1) is 0 Å². The van der Waals surface area contributed by atoms with Gasteiger partial charge >= 0.3 is 0 Å². The van der Waals surface area contributed by atoms with E-state index >= 15 is 0 Å². The largest absolute Gasteiger partial charge is 0.361 e. The van der Waals surface area contributed by atoms with Gasteiger partial charge in [0.25, 0.3) is 11.8 Å². The van der Waals surface area contributed by atoms with Gasteiger partial charge in [-0.3, -0.25) is 19.9 Å². The molecule has 1 aromatic heterocycles. The van der Waals surface area contributed by atoms with Crippen LogP contribution in [0.4, 0.5) is 5.69 Å². The standard InChI is InChI=1S/C23H16N4O2/c28-22-17(15-5-1-3-13-7-9-24-19(13)15)18(23(29)26-22)20-16-6-2-4-14-8-11-27(21(14)16)12-10-25-20/h1-7,9-10,12,24H,8,11H2,(H,26,28,29). The first kappa shape index (κ1) is 16.1. The minimum atomic E-state index is -0.412. The second-order valence-electron chi connectivity index (χ2n) is 7.31. The molecule has 0 saturated heterocycles. The van der Waals surface area contributed by atoms with E-state index in [0.717, 1.165) is 35.1 Å². The second-order valence-corrected chi connectivity index (χ2v) is 7.31. The van der Waals surface area contributed by atoms with Crippen molar-refractivity contribution < 1.29 is 9.59 Å². The number of carbonyl (C=O) groups excluding carboxylic acids is 2. The summed E-state index contributed by atoms with van der Waals surface area (Å²) in [7, 11) is 0. The van der Waals surface area contributed by atoms with Crippen LogP contribution in [0.5, 0.6) is 0 Å². The third-order valence-corrected chi connectivity index (χ3v) is 5.76. The van der Waals surface area contributed by atoms with Gasteiger partial charge in [0.05, 0.1) is 28.1 Å². The summed E-state index contributed by atoms with van der Waals surface area (Å²) in [5.74, 6) is -0.808. The number of fused-ring (bicyclic) bond motifs is 1. The first-order chi connectivity index (χ1) is 14.2. The highest BCUT2D eigenvalue weighted by molar-refractivity contribution is 6.48. The van der Waals surface area contributed by atoms with E-state index in [1.54, 1.807) is 6.20 Å². The molecule has 29 heavy (non-hydrogen) atoms. The number of hydrogen-bond acceptors (Lipinski definition) is 4. The average Bonchev–Trinajstić information content (AvgIpc) is 3.39. The number of nitrogens with one attached hydrogen (secondary N) is 2. The van der Waals surface area contributed by atoms with Crippen LogP contribution in [-0.4, -0.2) is 29.1 Å². The van der Waals surface area contributed by atoms with Gasteiger partial charge in [-0.05, 0) is 23.4 Å². The van der Waals surface area contributed by atoms with E-state index in [2.05, 4.69) is 26.3 Å². The second kappa shape index (κ2) is 5.78. The molecular formula is C23H16N4O2. The zero-order chi connectivity index (χ0) is 19.5. The molecule has 3 aliphatic rings. The van der Waals surface area contributed by atoms with Crippen molar-refractivity contribution in [3.05, 3.63) is 83.3 Å². The minimum Gasteiger partial charge on any atom is -0.361 e. The van der Waals surface area contributed by atoms with Crippen LogP contribution in [0.25, 0.3) is 16.5 Å². The van der Waals surface area contributed by atoms with Gasteiger partial charge in [0.2, 0.25) is 0 Å². The van der Waals surface area contributed by atoms with Gasteiger partial charge in [-0.2, -0.15) is 0 Å². The lowest BCUT2D eigenvalue weighted by atomic mass is 9.92. The Hall–Kier alpha value is -3.93. The molecule has 0 unspecified atom stereocenters. The Labute approximate surface area is 166 Å². The zero-order valence-corrected chi connectivity index (χ0v) is 15.4. The van der Waals surface area contributed by atoms with E-state index in [1.807, 2.05) is 48.8 Å². The summed E-state index contributed by atoms with van der Waals surface area (Å²) in [6.07, 6.45) is 6.42. The van der Waals surface area contributed by atoms with Crippen LogP contribution in [0.2, 0.25) is 0 Å². The number of benzene rings is 2. The maximum Gasteiger partial charge on any atom is 0.261 e. The summed E-state index contributed by atoms with van der Waals surface area (Å²) < 4.78 is 0. The number of imide groups is 1. The van der Waals surface area contributed by atoms with Crippen LogP contribution < -0.4 is 10.2 Å². The summed E-state index contributed by atoms with van der Waals surface area (Å²) >= 11 is 0. The Kier molecular flexibility index (Phi) is 3.20. The number of amides is 2. The van der Waals surface area contributed by atoms with Crippen molar-refractivity contribution in [3.63, 3.8) is 0 Å².